The first-order chi connectivity index (χ1) is 15.1. The number of para-hydroxylation sites is 1. The number of carbonyl (C=O) groups excluding carboxylic acids is 1. The van der Waals surface area contributed by atoms with E-state index in [1.807, 2.05) is 19.1 Å². The molecule has 1 N–H and O–H groups in total. The van der Waals surface area contributed by atoms with Gasteiger partial charge in [0.2, 0.25) is 11.9 Å². The Morgan fingerprint density at radius 3 is 2.52 bits per heavy atom. The number of benzene rings is 2. The van der Waals surface area contributed by atoms with Crippen molar-refractivity contribution in [2.75, 3.05) is 29.1 Å². The largest absolute Gasteiger partial charge is 0.341 e. The maximum Gasteiger partial charge on any atom is 0.234 e. The van der Waals surface area contributed by atoms with Crippen molar-refractivity contribution < 1.29 is 4.79 Å². The van der Waals surface area contributed by atoms with Gasteiger partial charge in [-0.15, -0.1) is 10.2 Å². The third-order valence-electron chi connectivity index (χ3n) is 5.63. The minimum Gasteiger partial charge on any atom is -0.341 e. The summed E-state index contributed by atoms with van der Waals surface area (Å²) in [5, 5.41) is 12.8. The van der Waals surface area contributed by atoms with E-state index in [-0.39, 0.29) is 11.7 Å². The maximum atomic E-state index is 12.8. The smallest absolute Gasteiger partial charge is 0.234 e. The van der Waals surface area contributed by atoms with Gasteiger partial charge < -0.3 is 10.2 Å². The van der Waals surface area contributed by atoms with E-state index in [4.69, 9.17) is 0 Å². The summed E-state index contributed by atoms with van der Waals surface area (Å²) < 4.78 is 2.08. The molecular formula is C24H29N5OS. The van der Waals surface area contributed by atoms with Crippen LogP contribution in [0.5, 0.6) is 0 Å². The SMILES string of the molecule is CCc1cccc(C)c1NC(=O)CSc1nnc(N2CCCC2)n1-c1ccc(C)cc1. The highest BCUT2D eigenvalue weighted by Crippen LogP contribution is 2.29. The highest BCUT2D eigenvalue weighted by Gasteiger charge is 2.23. The van der Waals surface area contributed by atoms with E-state index in [2.05, 4.69) is 69.2 Å². The van der Waals surface area contributed by atoms with Gasteiger partial charge in [0.05, 0.1) is 11.4 Å². The van der Waals surface area contributed by atoms with Gasteiger partial charge in [-0.05, 0) is 56.4 Å². The standard InChI is InChI=1S/C24H29N5OS/c1-4-19-9-7-8-18(3)22(19)25-21(30)16-31-24-27-26-23(28-14-5-6-15-28)29(24)20-12-10-17(2)11-13-20/h7-13H,4-6,14-16H2,1-3H3,(H,25,30). The Morgan fingerprint density at radius 2 is 1.81 bits per heavy atom. The molecule has 1 aromatic heterocycles. The Bertz CT molecular complexity index is 1050. The van der Waals surface area contributed by atoms with Crippen LogP contribution in [0.25, 0.3) is 5.69 Å². The van der Waals surface area contributed by atoms with Crippen LogP contribution in [0.2, 0.25) is 0 Å². The van der Waals surface area contributed by atoms with Crippen molar-refractivity contribution >= 4 is 29.3 Å². The van der Waals surface area contributed by atoms with Gasteiger partial charge in [0.1, 0.15) is 0 Å². The van der Waals surface area contributed by atoms with E-state index < -0.39 is 0 Å². The van der Waals surface area contributed by atoms with Crippen LogP contribution in [0.15, 0.2) is 47.6 Å². The fraction of sp³-hybridized carbons (Fsp3) is 0.375. The molecule has 1 aliphatic heterocycles. The Kier molecular flexibility index (Phi) is 6.61. The number of carbonyl (C=O) groups is 1. The molecule has 0 aliphatic carbocycles. The van der Waals surface area contributed by atoms with Gasteiger partial charge in [0.25, 0.3) is 0 Å². The van der Waals surface area contributed by atoms with Gasteiger partial charge in [-0.3, -0.25) is 9.36 Å². The van der Waals surface area contributed by atoms with Crippen LogP contribution in [-0.4, -0.2) is 39.5 Å². The molecule has 0 spiro atoms. The number of amides is 1. The van der Waals surface area contributed by atoms with E-state index in [0.717, 1.165) is 53.1 Å². The topological polar surface area (TPSA) is 63.1 Å². The molecule has 0 saturated carbocycles. The van der Waals surface area contributed by atoms with Crippen molar-refractivity contribution in [3.63, 3.8) is 0 Å². The van der Waals surface area contributed by atoms with Crippen LogP contribution in [0, 0.1) is 13.8 Å². The van der Waals surface area contributed by atoms with Gasteiger partial charge in [-0.25, -0.2) is 0 Å². The molecule has 3 aromatic rings. The molecule has 7 heteroatoms. The Hall–Kier alpha value is -2.80. The van der Waals surface area contributed by atoms with Gasteiger partial charge in [0.15, 0.2) is 5.16 Å². The quantitative estimate of drug-likeness (QED) is 0.541. The number of anilines is 2. The first kappa shape index (κ1) is 21.4. The van der Waals surface area contributed by atoms with Gasteiger partial charge >= 0.3 is 0 Å². The van der Waals surface area contributed by atoms with Crippen molar-refractivity contribution in [1.29, 1.82) is 0 Å². The van der Waals surface area contributed by atoms with Crippen LogP contribution < -0.4 is 10.2 Å². The van der Waals surface area contributed by atoms with Gasteiger partial charge in [-0.1, -0.05) is 54.6 Å². The molecule has 31 heavy (non-hydrogen) atoms. The molecule has 1 aliphatic rings. The van der Waals surface area contributed by atoms with Gasteiger partial charge in [-0.2, -0.15) is 0 Å². The molecule has 0 radical (unpaired) electrons. The summed E-state index contributed by atoms with van der Waals surface area (Å²) in [5.74, 6) is 1.10. The van der Waals surface area contributed by atoms with Crippen molar-refractivity contribution in [1.82, 2.24) is 14.8 Å². The van der Waals surface area contributed by atoms with Crippen LogP contribution in [0.3, 0.4) is 0 Å². The van der Waals surface area contributed by atoms with Crippen LogP contribution in [-0.2, 0) is 11.2 Å². The predicted molar refractivity (Wildman–Crippen MR) is 127 cm³/mol. The highest BCUT2D eigenvalue weighted by molar-refractivity contribution is 7.99. The number of rotatable bonds is 7. The second-order valence-electron chi connectivity index (χ2n) is 7.95. The number of nitrogens with zero attached hydrogens (tertiary/aromatic N) is 4. The second kappa shape index (κ2) is 9.56. The number of hydrogen-bond donors (Lipinski definition) is 1. The molecule has 0 atom stereocenters. The minimum atomic E-state index is -0.0322. The Morgan fingerprint density at radius 1 is 1.06 bits per heavy atom. The van der Waals surface area contributed by atoms with E-state index in [0.29, 0.717) is 0 Å². The van der Waals surface area contributed by atoms with Crippen molar-refractivity contribution in [3.8, 4) is 5.69 Å². The van der Waals surface area contributed by atoms with E-state index in [1.165, 1.54) is 30.2 Å². The number of aromatic nitrogens is 3. The molecule has 2 heterocycles. The molecule has 2 aromatic carbocycles. The molecule has 1 amide bonds. The summed E-state index contributed by atoms with van der Waals surface area (Å²) in [6.45, 7) is 8.18. The third-order valence-corrected chi connectivity index (χ3v) is 6.56. The maximum absolute atomic E-state index is 12.8. The summed E-state index contributed by atoms with van der Waals surface area (Å²) >= 11 is 1.42. The molecule has 0 unspecified atom stereocenters. The first-order valence-electron chi connectivity index (χ1n) is 10.9. The average Bonchev–Trinajstić information content (AvgIpc) is 3.44. The molecule has 0 bridgehead atoms. The van der Waals surface area contributed by atoms with Crippen LogP contribution in [0.1, 0.15) is 36.5 Å². The fourth-order valence-corrected chi connectivity index (χ4v) is 4.65. The summed E-state index contributed by atoms with van der Waals surface area (Å²) in [6.07, 6.45) is 3.22. The number of nitrogens with one attached hydrogen (secondary N) is 1. The lowest BCUT2D eigenvalue weighted by atomic mass is 10.1. The minimum absolute atomic E-state index is 0.0322. The van der Waals surface area contributed by atoms with E-state index in [9.17, 15) is 4.79 Å². The summed E-state index contributed by atoms with van der Waals surface area (Å²) in [4.78, 5) is 15.0. The lowest BCUT2D eigenvalue weighted by Gasteiger charge is -2.18. The average molecular weight is 436 g/mol. The zero-order chi connectivity index (χ0) is 21.8. The molecule has 6 nitrogen and oxygen atoms in total. The fourth-order valence-electron chi connectivity index (χ4n) is 3.91. The zero-order valence-corrected chi connectivity index (χ0v) is 19.2. The van der Waals surface area contributed by atoms with E-state index >= 15 is 0 Å². The molecule has 4 rings (SSSR count). The molecule has 1 fully saturated rings. The monoisotopic (exact) mass is 435 g/mol. The second-order valence-corrected chi connectivity index (χ2v) is 8.89. The summed E-state index contributed by atoms with van der Waals surface area (Å²) in [5.41, 5.74) is 5.38. The zero-order valence-electron chi connectivity index (χ0n) is 18.4. The third kappa shape index (κ3) is 4.77. The number of aryl methyl sites for hydroxylation is 3. The molecular weight excluding hydrogens is 406 g/mol. The van der Waals surface area contributed by atoms with Crippen molar-refractivity contribution in [2.24, 2.45) is 0 Å². The van der Waals surface area contributed by atoms with Gasteiger partial charge in [0, 0.05) is 18.8 Å². The van der Waals surface area contributed by atoms with E-state index in [1.54, 1.807) is 0 Å². The van der Waals surface area contributed by atoms with Crippen molar-refractivity contribution in [3.05, 3.63) is 59.2 Å². The number of thioether (sulfide) groups is 1. The lowest BCUT2D eigenvalue weighted by molar-refractivity contribution is -0.113. The number of hydrogen-bond acceptors (Lipinski definition) is 5. The van der Waals surface area contributed by atoms with Crippen LogP contribution in [0.4, 0.5) is 11.6 Å². The Balaban J connectivity index is 1.54. The highest BCUT2D eigenvalue weighted by atomic mass is 32.2. The normalized spacial score (nSPS) is 13.6. The van der Waals surface area contributed by atoms with Crippen molar-refractivity contribution in [2.45, 2.75) is 45.2 Å². The summed E-state index contributed by atoms with van der Waals surface area (Å²) in [7, 11) is 0. The van der Waals surface area contributed by atoms with Crippen LogP contribution >= 0.6 is 11.8 Å². The molecule has 162 valence electrons. The first-order valence-corrected chi connectivity index (χ1v) is 11.8. The predicted octanol–water partition coefficient (Wildman–Crippen LogP) is 4.78. The lowest BCUT2D eigenvalue weighted by Crippen LogP contribution is -2.22. The molecule has 1 saturated heterocycles. The Labute approximate surface area is 188 Å². The summed E-state index contributed by atoms with van der Waals surface area (Å²) in [6, 6.07) is 14.5.